The molecule has 0 aliphatic carbocycles. The van der Waals surface area contributed by atoms with E-state index in [-0.39, 0.29) is 18.6 Å². The Morgan fingerprint density at radius 2 is 2.14 bits per heavy atom. The number of benzene rings is 1. The maximum Gasteiger partial charge on any atom is 0.251 e. The molecule has 0 radical (unpaired) electrons. The van der Waals surface area contributed by atoms with E-state index in [9.17, 15) is 9.90 Å². The number of carbonyl (C=O) groups is 1. The number of aliphatic hydroxyl groups excluding tert-OH is 1. The van der Waals surface area contributed by atoms with Crippen molar-refractivity contribution in [2.75, 3.05) is 6.61 Å². The molecule has 2 N–H and O–H groups in total. The van der Waals surface area contributed by atoms with Crippen LogP contribution in [0.25, 0.3) is 11.3 Å². The zero-order valence-electron chi connectivity index (χ0n) is 12.7. The van der Waals surface area contributed by atoms with Crippen LogP contribution in [0.3, 0.4) is 0 Å². The van der Waals surface area contributed by atoms with Crippen LogP contribution in [0.2, 0.25) is 0 Å². The van der Waals surface area contributed by atoms with Crippen LogP contribution in [0.4, 0.5) is 0 Å². The van der Waals surface area contributed by atoms with E-state index in [0.29, 0.717) is 12.0 Å². The first kappa shape index (κ1) is 16.4. The van der Waals surface area contributed by atoms with Crippen LogP contribution in [-0.4, -0.2) is 28.6 Å². The smallest absolute Gasteiger partial charge is 0.251 e. The van der Waals surface area contributed by atoms with Crippen LogP contribution in [0.5, 0.6) is 0 Å². The van der Waals surface area contributed by atoms with E-state index in [1.165, 1.54) is 0 Å². The molecular formula is C17H20N2O2S. The zero-order valence-corrected chi connectivity index (χ0v) is 13.6. The lowest BCUT2D eigenvalue weighted by atomic mass is 10.1. The Labute approximate surface area is 134 Å². The van der Waals surface area contributed by atoms with Gasteiger partial charge in [0.15, 0.2) is 0 Å². The van der Waals surface area contributed by atoms with Crippen molar-refractivity contribution in [2.24, 2.45) is 0 Å². The van der Waals surface area contributed by atoms with Gasteiger partial charge >= 0.3 is 0 Å². The number of thiazole rings is 1. The number of aryl methyl sites for hydroxylation is 1. The van der Waals surface area contributed by atoms with Crippen molar-refractivity contribution in [1.82, 2.24) is 10.3 Å². The monoisotopic (exact) mass is 316 g/mol. The van der Waals surface area contributed by atoms with Crippen LogP contribution < -0.4 is 5.32 Å². The lowest BCUT2D eigenvalue weighted by Crippen LogP contribution is -2.37. The van der Waals surface area contributed by atoms with Gasteiger partial charge in [0.25, 0.3) is 5.91 Å². The second-order valence-electron chi connectivity index (χ2n) is 4.99. The predicted octanol–water partition coefficient (Wildman–Crippen LogP) is 3.18. The molecule has 2 aromatic rings. The highest BCUT2D eigenvalue weighted by atomic mass is 32.1. The van der Waals surface area contributed by atoms with Gasteiger partial charge < -0.3 is 10.4 Å². The van der Waals surface area contributed by atoms with E-state index >= 15 is 0 Å². The van der Waals surface area contributed by atoms with E-state index < -0.39 is 0 Å². The minimum Gasteiger partial charge on any atom is -0.394 e. The van der Waals surface area contributed by atoms with E-state index in [0.717, 1.165) is 16.3 Å². The number of hydrogen-bond donors (Lipinski definition) is 2. The first-order valence-electron chi connectivity index (χ1n) is 7.19. The number of hydrogen-bond acceptors (Lipinski definition) is 4. The third kappa shape index (κ3) is 4.26. The summed E-state index contributed by atoms with van der Waals surface area (Å²) in [5, 5.41) is 15.1. The quantitative estimate of drug-likeness (QED) is 0.805. The Bertz CT molecular complexity index is 647. The van der Waals surface area contributed by atoms with Crippen molar-refractivity contribution in [1.29, 1.82) is 0 Å². The van der Waals surface area contributed by atoms with Gasteiger partial charge in [-0.05, 0) is 32.4 Å². The largest absolute Gasteiger partial charge is 0.394 e. The summed E-state index contributed by atoms with van der Waals surface area (Å²) < 4.78 is 0. The molecule has 1 unspecified atom stereocenters. The molecule has 5 heteroatoms. The molecule has 0 aliphatic heterocycles. The standard InChI is InChI=1S/C17H20N2O2S/c1-3-4-5-15(10-20)19-17(21)14-8-6-13(7-9-14)16-11-22-12(2)18-16/h3-4,6-9,11,15,20H,5,10H2,1-2H3,(H,19,21)/b4-3+. The van der Waals surface area contributed by atoms with Gasteiger partial charge in [-0.25, -0.2) is 4.98 Å². The highest BCUT2D eigenvalue weighted by Crippen LogP contribution is 2.21. The van der Waals surface area contributed by atoms with Gasteiger partial charge in [0.05, 0.1) is 23.4 Å². The maximum atomic E-state index is 12.2. The second kappa shape index (κ2) is 7.87. The molecule has 0 saturated carbocycles. The summed E-state index contributed by atoms with van der Waals surface area (Å²) in [6.45, 7) is 3.80. The number of carbonyl (C=O) groups excluding carboxylic acids is 1. The summed E-state index contributed by atoms with van der Waals surface area (Å²) in [6.07, 6.45) is 4.45. The van der Waals surface area contributed by atoms with Gasteiger partial charge in [-0.2, -0.15) is 0 Å². The normalized spacial score (nSPS) is 12.5. The van der Waals surface area contributed by atoms with Crippen LogP contribution in [0, 0.1) is 6.92 Å². The molecule has 2 rings (SSSR count). The fourth-order valence-corrected chi connectivity index (χ4v) is 2.66. The number of nitrogens with zero attached hydrogens (tertiary/aromatic N) is 1. The fourth-order valence-electron chi connectivity index (χ4n) is 2.04. The van der Waals surface area contributed by atoms with Gasteiger partial charge in [-0.3, -0.25) is 4.79 Å². The Hall–Kier alpha value is -1.98. The Balaban J connectivity index is 2.04. The van der Waals surface area contributed by atoms with E-state index in [2.05, 4.69) is 10.3 Å². The molecule has 0 aliphatic rings. The fraction of sp³-hybridized carbons (Fsp3) is 0.294. The van der Waals surface area contributed by atoms with Gasteiger partial charge in [0.2, 0.25) is 0 Å². The van der Waals surface area contributed by atoms with Crippen LogP contribution in [0.1, 0.15) is 28.7 Å². The predicted molar refractivity (Wildman–Crippen MR) is 90.1 cm³/mol. The van der Waals surface area contributed by atoms with Crippen molar-refractivity contribution < 1.29 is 9.90 Å². The first-order valence-corrected chi connectivity index (χ1v) is 8.07. The minimum absolute atomic E-state index is 0.0771. The number of aliphatic hydroxyl groups is 1. The topological polar surface area (TPSA) is 62.2 Å². The summed E-state index contributed by atoms with van der Waals surface area (Å²) in [7, 11) is 0. The van der Waals surface area contributed by atoms with Crippen molar-refractivity contribution in [3.8, 4) is 11.3 Å². The number of allylic oxidation sites excluding steroid dienone is 1. The highest BCUT2D eigenvalue weighted by molar-refractivity contribution is 7.09. The second-order valence-corrected chi connectivity index (χ2v) is 6.05. The molecule has 116 valence electrons. The number of nitrogens with one attached hydrogen (secondary N) is 1. The summed E-state index contributed by atoms with van der Waals surface area (Å²) in [5.41, 5.74) is 2.50. The van der Waals surface area contributed by atoms with Crippen LogP contribution in [-0.2, 0) is 0 Å². The number of amides is 1. The summed E-state index contributed by atoms with van der Waals surface area (Å²) in [6, 6.07) is 7.09. The van der Waals surface area contributed by atoms with E-state index in [1.54, 1.807) is 23.5 Å². The minimum atomic E-state index is -0.260. The average molecular weight is 316 g/mol. The molecule has 1 heterocycles. The highest BCUT2D eigenvalue weighted by Gasteiger charge is 2.12. The van der Waals surface area contributed by atoms with Crippen LogP contribution >= 0.6 is 11.3 Å². The number of aromatic nitrogens is 1. The average Bonchev–Trinajstić information content (AvgIpc) is 2.98. The van der Waals surface area contributed by atoms with Crippen molar-refractivity contribution in [2.45, 2.75) is 26.3 Å². The Morgan fingerprint density at radius 3 is 2.68 bits per heavy atom. The molecule has 0 fully saturated rings. The Kier molecular flexibility index (Phi) is 5.86. The van der Waals surface area contributed by atoms with Crippen LogP contribution in [0.15, 0.2) is 41.8 Å². The third-order valence-corrected chi connectivity index (χ3v) is 4.05. The molecular weight excluding hydrogens is 296 g/mol. The molecule has 1 aromatic carbocycles. The first-order chi connectivity index (χ1) is 10.6. The van der Waals surface area contributed by atoms with Gasteiger partial charge in [0, 0.05) is 16.5 Å². The SMILES string of the molecule is C/C=C/CC(CO)NC(=O)c1ccc(-c2csc(C)n2)cc1. The molecule has 1 atom stereocenters. The van der Waals surface area contributed by atoms with Crippen molar-refractivity contribution in [3.63, 3.8) is 0 Å². The van der Waals surface area contributed by atoms with E-state index in [1.807, 2.05) is 43.5 Å². The lowest BCUT2D eigenvalue weighted by molar-refractivity contribution is 0.0917. The van der Waals surface area contributed by atoms with E-state index in [4.69, 9.17) is 0 Å². The van der Waals surface area contributed by atoms with Gasteiger partial charge in [-0.1, -0.05) is 24.3 Å². The summed E-state index contributed by atoms with van der Waals surface area (Å²) in [4.78, 5) is 16.6. The molecule has 4 nitrogen and oxygen atoms in total. The Morgan fingerprint density at radius 1 is 1.41 bits per heavy atom. The van der Waals surface area contributed by atoms with Gasteiger partial charge in [-0.15, -0.1) is 11.3 Å². The lowest BCUT2D eigenvalue weighted by Gasteiger charge is -2.14. The molecule has 0 spiro atoms. The summed E-state index contributed by atoms with van der Waals surface area (Å²) >= 11 is 1.60. The van der Waals surface area contributed by atoms with Crippen molar-refractivity contribution >= 4 is 17.2 Å². The molecule has 22 heavy (non-hydrogen) atoms. The third-order valence-electron chi connectivity index (χ3n) is 3.27. The summed E-state index contributed by atoms with van der Waals surface area (Å²) in [5.74, 6) is -0.176. The maximum absolute atomic E-state index is 12.2. The van der Waals surface area contributed by atoms with Crippen molar-refractivity contribution in [3.05, 3.63) is 52.4 Å². The molecule has 1 amide bonds. The zero-order chi connectivity index (χ0) is 15.9. The molecule has 0 bridgehead atoms. The van der Waals surface area contributed by atoms with Gasteiger partial charge in [0.1, 0.15) is 0 Å². The number of rotatable bonds is 6. The molecule has 1 aromatic heterocycles. The molecule has 0 saturated heterocycles.